The van der Waals surface area contributed by atoms with E-state index in [0.29, 0.717) is 18.7 Å². The number of ether oxygens (including phenoxy) is 2. The van der Waals surface area contributed by atoms with Gasteiger partial charge in [0, 0.05) is 18.7 Å². The Morgan fingerprint density at radius 2 is 1.80 bits per heavy atom. The van der Waals surface area contributed by atoms with Crippen LogP contribution in [0.1, 0.15) is 49.9 Å². The first kappa shape index (κ1) is 21.6. The van der Waals surface area contributed by atoms with Crippen molar-refractivity contribution in [3.63, 3.8) is 0 Å². The summed E-state index contributed by atoms with van der Waals surface area (Å²) in [4.78, 5) is 26.3. The van der Waals surface area contributed by atoms with Crippen LogP contribution >= 0.6 is 0 Å². The van der Waals surface area contributed by atoms with Gasteiger partial charge in [0.1, 0.15) is 12.2 Å². The third-order valence-electron chi connectivity index (χ3n) is 4.81. The largest absolute Gasteiger partial charge is 0.457 e. The molecule has 0 saturated heterocycles. The number of carbonyl (C=O) groups excluding carboxylic acids is 2. The van der Waals surface area contributed by atoms with Crippen molar-refractivity contribution in [2.45, 2.75) is 52.9 Å². The molecule has 2 aromatic rings. The van der Waals surface area contributed by atoms with Gasteiger partial charge in [0.05, 0.1) is 0 Å². The van der Waals surface area contributed by atoms with Crippen molar-refractivity contribution in [3.05, 3.63) is 76.4 Å². The lowest BCUT2D eigenvalue weighted by Gasteiger charge is -2.28. The van der Waals surface area contributed by atoms with E-state index in [9.17, 15) is 9.59 Å². The van der Waals surface area contributed by atoms with E-state index >= 15 is 0 Å². The van der Waals surface area contributed by atoms with E-state index in [1.165, 1.54) is 5.56 Å². The number of hydrogen-bond donors (Lipinski definition) is 0. The summed E-state index contributed by atoms with van der Waals surface area (Å²) in [5, 5.41) is 0. The first-order valence-electron chi connectivity index (χ1n) is 10.2. The number of hydrogen-bond acceptors (Lipinski definition) is 4. The Morgan fingerprint density at radius 3 is 2.50 bits per heavy atom. The Balaban J connectivity index is 1.61. The molecule has 0 fully saturated rings. The monoisotopic (exact) mass is 407 g/mol. The average Bonchev–Trinajstić information content (AvgIpc) is 2.71. The molecule has 5 heteroatoms. The van der Waals surface area contributed by atoms with Crippen molar-refractivity contribution in [2.75, 3.05) is 6.54 Å². The van der Waals surface area contributed by atoms with Gasteiger partial charge in [-0.2, -0.15) is 0 Å². The third kappa shape index (κ3) is 5.96. The standard InChI is InChI=1S/C25H29NO4/c1-18(23(27)30-25(2,3)4)14-20-10-11-22-16-26(13-12-21(22)15-20)24(28)29-17-19-8-6-5-7-9-19/h5-11,14-15H,12-13,16-17H2,1-4H3. The predicted octanol–water partition coefficient (Wildman–Crippen LogP) is 5.13. The molecule has 3 rings (SSSR count). The summed E-state index contributed by atoms with van der Waals surface area (Å²) in [6.45, 7) is 8.74. The molecule has 0 aliphatic carbocycles. The van der Waals surface area contributed by atoms with Crippen molar-refractivity contribution in [1.29, 1.82) is 0 Å². The molecule has 0 N–H and O–H groups in total. The minimum Gasteiger partial charge on any atom is -0.457 e. The van der Waals surface area contributed by atoms with Gasteiger partial charge in [-0.05, 0) is 62.4 Å². The van der Waals surface area contributed by atoms with Crippen LogP contribution in [0, 0.1) is 0 Å². The van der Waals surface area contributed by atoms with Crippen LogP contribution < -0.4 is 0 Å². The van der Waals surface area contributed by atoms with E-state index < -0.39 is 5.60 Å². The third-order valence-corrected chi connectivity index (χ3v) is 4.81. The number of esters is 1. The molecular weight excluding hydrogens is 378 g/mol. The first-order valence-corrected chi connectivity index (χ1v) is 10.2. The normalized spacial score (nSPS) is 14.1. The van der Waals surface area contributed by atoms with Crippen LogP contribution in [0.4, 0.5) is 4.79 Å². The number of amides is 1. The van der Waals surface area contributed by atoms with E-state index in [2.05, 4.69) is 6.07 Å². The Hall–Kier alpha value is -3.08. The van der Waals surface area contributed by atoms with Crippen LogP contribution in [0.3, 0.4) is 0 Å². The SMILES string of the molecule is CC(=Cc1ccc2c(c1)CCN(C(=O)OCc1ccccc1)C2)C(=O)OC(C)(C)C. The summed E-state index contributed by atoms with van der Waals surface area (Å²) >= 11 is 0. The zero-order valence-corrected chi connectivity index (χ0v) is 18.1. The number of carbonyl (C=O) groups is 2. The second kappa shape index (κ2) is 9.16. The lowest BCUT2D eigenvalue weighted by Crippen LogP contribution is -2.36. The fourth-order valence-corrected chi connectivity index (χ4v) is 3.30. The molecule has 0 spiro atoms. The Labute approximate surface area is 178 Å². The highest BCUT2D eigenvalue weighted by Crippen LogP contribution is 2.23. The van der Waals surface area contributed by atoms with E-state index in [1.54, 1.807) is 11.8 Å². The lowest BCUT2D eigenvalue weighted by molar-refractivity contribution is -0.149. The fraction of sp³-hybridized carbons (Fsp3) is 0.360. The number of nitrogens with zero attached hydrogens (tertiary/aromatic N) is 1. The summed E-state index contributed by atoms with van der Waals surface area (Å²) in [7, 11) is 0. The molecule has 158 valence electrons. The van der Waals surface area contributed by atoms with E-state index in [0.717, 1.165) is 23.1 Å². The van der Waals surface area contributed by atoms with Crippen molar-refractivity contribution in [3.8, 4) is 0 Å². The van der Waals surface area contributed by atoms with Gasteiger partial charge in [0.2, 0.25) is 0 Å². The topological polar surface area (TPSA) is 55.8 Å². The number of rotatable bonds is 4. The summed E-state index contributed by atoms with van der Waals surface area (Å²) in [6, 6.07) is 15.7. The van der Waals surface area contributed by atoms with Crippen molar-refractivity contribution in [2.24, 2.45) is 0 Å². The quantitative estimate of drug-likeness (QED) is 0.521. The molecule has 1 aliphatic heterocycles. The lowest BCUT2D eigenvalue weighted by atomic mass is 9.97. The zero-order valence-electron chi connectivity index (χ0n) is 18.1. The van der Waals surface area contributed by atoms with Crippen LogP contribution in [-0.4, -0.2) is 29.1 Å². The zero-order chi connectivity index (χ0) is 21.7. The summed E-state index contributed by atoms with van der Waals surface area (Å²) in [6.07, 6.45) is 2.30. The molecule has 5 nitrogen and oxygen atoms in total. The smallest absolute Gasteiger partial charge is 0.410 e. The van der Waals surface area contributed by atoms with Crippen LogP contribution in [0.2, 0.25) is 0 Å². The summed E-state index contributed by atoms with van der Waals surface area (Å²) < 4.78 is 10.9. The first-order chi connectivity index (χ1) is 14.2. The maximum absolute atomic E-state index is 12.4. The highest BCUT2D eigenvalue weighted by atomic mass is 16.6. The van der Waals surface area contributed by atoms with E-state index in [1.807, 2.05) is 69.3 Å². The molecule has 0 saturated carbocycles. The molecule has 1 aliphatic rings. The second-order valence-electron chi connectivity index (χ2n) is 8.57. The number of benzene rings is 2. The Morgan fingerprint density at radius 1 is 1.07 bits per heavy atom. The van der Waals surface area contributed by atoms with Gasteiger partial charge in [-0.25, -0.2) is 9.59 Å². The molecular formula is C25H29NO4. The van der Waals surface area contributed by atoms with E-state index in [-0.39, 0.29) is 18.7 Å². The maximum Gasteiger partial charge on any atom is 0.410 e. The van der Waals surface area contributed by atoms with Gasteiger partial charge >= 0.3 is 12.1 Å². The van der Waals surface area contributed by atoms with Crippen molar-refractivity contribution >= 4 is 18.1 Å². The summed E-state index contributed by atoms with van der Waals surface area (Å²) in [5.74, 6) is -0.312. The van der Waals surface area contributed by atoms with Gasteiger partial charge < -0.3 is 14.4 Å². The van der Waals surface area contributed by atoms with Gasteiger partial charge in [-0.15, -0.1) is 0 Å². The minimum absolute atomic E-state index is 0.275. The molecule has 30 heavy (non-hydrogen) atoms. The molecule has 0 unspecified atom stereocenters. The van der Waals surface area contributed by atoms with Gasteiger partial charge in [-0.1, -0.05) is 48.5 Å². The van der Waals surface area contributed by atoms with Crippen molar-refractivity contribution in [1.82, 2.24) is 4.90 Å². The van der Waals surface area contributed by atoms with Gasteiger partial charge in [0.25, 0.3) is 0 Å². The van der Waals surface area contributed by atoms with Gasteiger partial charge in [0.15, 0.2) is 0 Å². The van der Waals surface area contributed by atoms with Crippen LogP contribution in [0.25, 0.3) is 6.08 Å². The van der Waals surface area contributed by atoms with Crippen LogP contribution in [0.15, 0.2) is 54.1 Å². The van der Waals surface area contributed by atoms with Crippen LogP contribution in [-0.2, 0) is 33.8 Å². The molecule has 0 bridgehead atoms. The summed E-state index contributed by atoms with van der Waals surface area (Å²) in [5.41, 5.74) is 4.27. The highest BCUT2D eigenvalue weighted by molar-refractivity contribution is 5.93. The molecule has 0 atom stereocenters. The minimum atomic E-state index is -0.513. The highest BCUT2D eigenvalue weighted by Gasteiger charge is 2.22. The molecule has 0 aromatic heterocycles. The second-order valence-corrected chi connectivity index (χ2v) is 8.57. The predicted molar refractivity (Wildman–Crippen MR) is 117 cm³/mol. The molecule has 0 radical (unpaired) electrons. The fourth-order valence-electron chi connectivity index (χ4n) is 3.30. The Bertz CT molecular complexity index is 941. The molecule has 1 heterocycles. The molecule has 1 amide bonds. The van der Waals surface area contributed by atoms with E-state index in [4.69, 9.17) is 9.47 Å². The molecule has 2 aromatic carbocycles. The average molecular weight is 408 g/mol. The Kier molecular flexibility index (Phi) is 6.60. The van der Waals surface area contributed by atoms with Gasteiger partial charge in [-0.3, -0.25) is 0 Å². The maximum atomic E-state index is 12.4. The van der Waals surface area contributed by atoms with Crippen molar-refractivity contribution < 1.29 is 19.1 Å². The number of fused-ring (bicyclic) bond motifs is 1. The van der Waals surface area contributed by atoms with Crippen LogP contribution in [0.5, 0.6) is 0 Å².